The van der Waals surface area contributed by atoms with E-state index in [1.165, 1.54) is 6.07 Å². The molecule has 0 aliphatic carbocycles. The Morgan fingerprint density at radius 3 is 2.41 bits per heavy atom. The molecule has 0 spiro atoms. The molecule has 0 saturated carbocycles. The standard InChI is InChI=1S/C14H18FNO/c1-10-7-11(2)9-16(8-10)14(17)12-5-3-4-6-13(12)15/h3-6,10-11H,7-9H2,1-2H3. The highest BCUT2D eigenvalue weighted by atomic mass is 19.1. The predicted octanol–water partition coefficient (Wildman–Crippen LogP) is 2.94. The molecule has 1 aromatic rings. The van der Waals surface area contributed by atoms with Gasteiger partial charge in [-0.2, -0.15) is 0 Å². The Balaban J connectivity index is 2.17. The lowest BCUT2D eigenvalue weighted by Crippen LogP contribution is -2.42. The maximum Gasteiger partial charge on any atom is 0.256 e. The second-order valence-corrected chi connectivity index (χ2v) is 5.14. The average molecular weight is 235 g/mol. The number of halogens is 1. The van der Waals surface area contributed by atoms with Gasteiger partial charge in [-0.15, -0.1) is 0 Å². The maximum atomic E-state index is 13.5. The number of carbonyl (C=O) groups is 1. The van der Waals surface area contributed by atoms with Crippen LogP contribution in [0.25, 0.3) is 0 Å². The van der Waals surface area contributed by atoms with Crippen molar-refractivity contribution in [2.75, 3.05) is 13.1 Å². The molecule has 1 aliphatic rings. The molecule has 2 atom stereocenters. The number of benzene rings is 1. The van der Waals surface area contributed by atoms with Gasteiger partial charge in [0.15, 0.2) is 0 Å². The summed E-state index contributed by atoms with van der Waals surface area (Å²) in [7, 11) is 0. The number of nitrogens with zero attached hydrogens (tertiary/aromatic N) is 1. The van der Waals surface area contributed by atoms with E-state index in [2.05, 4.69) is 13.8 Å². The Kier molecular flexibility index (Phi) is 3.46. The summed E-state index contributed by atoms with van der Waals surface area (Å²) in [4.78, 5) is 14.0. The lowest BCUT2D eigenvalue weighted by atomic mass is 9.91. The zero-order valence-electron chi connectivity index (χ0n) is 10.3. The second-order valence-electron chi connectivity index (χ2n) is 5.14. The van der Waals surface area contributed by atoms with Crippen molar-refractivity contribution in [1.29, 1.82) is 0 Å². The number of carbonyl (C=O) groups excluding carboxylic acids is 1. The summed E-state index contributed by atoms with van der Waals surface area (Å²) in [5.74, 6) is 0.383. The van der Waals surface area contributed by atoms with Gasteiger partial charge in [-0.3, -0.25) is 4.79 Å². The van der Waals surface area contributed by atoms with Crippen LogP contribution in [0.5, 0.6) is 0 Å². The third-order valence-corrected chi connectivity index (χ3v) is 3.26. The fourth-order valence-corrected chi connectivity index (χ4v) is 2.63. The molecule has 2 unspecified atom stereocenters. The van der Waals surface area contributed by atoms with E-state index >= 15 is 0 Å². The molecular formula is C14H18FNO. The van der Waals surface area contributed by atoms with Crippen molar-refractivity contribution in [1.82, 2.24) is 4.90 Å². The van der Waals surface area contributed by atoms with Crippen molar-refractivity contribution in [2.24, 2.45) is 11.8 Å². The highest BCUT2D eigenvalue weighted by Crippen LogP contribution is 2.23. The van der Waals surface area contributed by atoms with Crippen LogP contribution >= 0.6 is 0 Å². The lowest BCUT2D eigenvalue weighted by molar-refractivity contribution is 0.0618. The number of piperidine rings is 1. The normalized spacial score (nSPS) is 24.8. The van der Waals surface area contributed by atoms with E-state index in [-0.39, 0.29) is 11.5 Å². The third kappa shape index (κ3) is 2.65. The Morgan fingerprint density at radius 2 is 1.82 bits per heavy atom. The molecule has 1 aromatic carbocycles. The van der Waals surface area contributed by atoms with Crippen molar-refractivity contribution in [3.8, 4) is 0 Å². The SMILES string of the molecule is CC1CC(C)CN(C(=O)c2ccccc2F)C1. The van der Waals surface area contributed by atoms with Crippen molar-refractivity contribution in [3.63, 3.8) is 0 Å². The third-order valence-electron chi connectivity index (χ3n) is 3.26. The second kappa shape index (κ2) is 4.86. The fourth-order valence-electron chi connectivity index (χ4n) is 2.63. The molecule has 0 radical (unpaired) electrons. The van der Waals surface area contributed by atoms with Gasteiger partial charge in [0.2, 0.25) is 0 Å². The molecule has 1 aliphatic heterocycles. The molecule has 0 aromatic heterocycles. The smallest absolute Gasteiger partial charge is 0.256 e. The van der Waals surface area contributed by atoms with E-state index in [0.29, 0.717) is 11.8 Å². The van der Waals surface area contributed by atoms with Gasteiger partial charge in [0.05, 0.1) is 5.56 Å². The van der Waals surface area contributed by atoms with Crippen LogP contribution in [0.1, 0.15) is 30.6 Å². The number of hydrogen-bond acceptors (Lipinski definition) is 1. The molecule has 1 saturated heterocycles. The van der Waals surface area contributed by atoms with Crippen LogP contribution in [0.3, 0.4) is 0 Å². The first-order chi connectivity index (χ1) is 8.08. The Hall–Kier alpha value is -1.38. The van der Waals surface area contributed by atoms with E-state index in [4.69, 9.17) is 0 Å². The molecule has 3 heteroatoms. The minimum Gasteiger partial charge on any atom is -0.338 e. The van der Waals surface area contributed by atoms with E-state index < -0.39 is 5.82 Å². The largest absolute Gasteiger partial charge is 0.338 e. The van der Waals surface area contributed by atoms with Gasteiger partial charge in [0.1, 0.15) is 5.82 Å². The van der Waals surface area contributed by atoms with Crippen LogP contribution in [-0.2, 0) is 0 Å². The van der Waals surface area contributed by atoms with Crippen LogP contribution in [0.15, 0.2) is 24.3 Å². The first kappa shape index (κ1) is 12.1. The van der Waals surface area contributed by atoms with Gasteiger partial charge in [0, 0.05) is 13.1 Å². The summed E-state index contributed by atoms with van der Waals surface area (Å²) in [5, 5.41) is 0. The maximum absolute atomic E-state index is 13.5. The Morgan fingerprint density at radius 1 is 1.24 bits per heavy atom. The van der Waals surface area contributed by atoms with Crippen molar-refractivity contribution in [2.45, 2.75) is 20.3 Å². The van der Waals surface area contributed by atoms with E-state index in [1.54, 1.807) is 23.1 Å². The number of amides is 1. The van der Waals surface area contributed by atoms with Crippen LogP contribution in [0.4, 0.5) is 4.39 Å². The van der Waals surface area contributed by atoms with Gasteiger partial charge < -0.3 is 4.90 Å². The first-order valence-corrected chi connectivity index (χ1v) is 6.11. The molecule has 0 bridgehead atoms. The van der Waals surface area contributed by atoms with Gasteiger partial charge in [-0.1, -0.05) is 26.0 Å². The zero-order valence-corrected chi connectivity index (χ0v) is 10.3. The fraction of sp³-hybridized carbons (Fsp3) is 0.500. The van der Waals surface area contributed by atoms with E-state index in [1.807, 2.05) is 0 Å². The topological polar surface area (TPSA) is 20.3 Å². The predicted molar refractivity (Wildman–Crippen MR) is 65.2 cm³/mol. The summed E-state index contributed by atoms with van der Waals surface area (Å²) >= 11 is 0. The Labute approximate surface area is 101 Å². The van der Waals surface area contributed by atoms with Crippen LogP contribution in [0, 0.1) is 17.7 Å². The molecule has 1 fully saturated rings. The van der Waals surface area contributed by atoms with Crippen LogP contribution in [-0.4, -0.2) is 23.9 Å². The summed E-state index contributed by atoms with van der Waals surface area (Å²) in [6, 6.07) is 6.20. The molecular weight excluding hydrogens is 217 g/mol. The number of likely N-dealkylation sites (tertiary alicyclic amines) is 1. The molecule has 2 nitrogen and oxygen atoms in total. The quantitative estimate of drug-likeness (QED) is 0.733. The van der Waals surface area contributed by atoms with Gasteiger partial charge >= 0.3 is 0 Å². The molecule has 1 heterocycles. The highest BCUT2D eigenvalue weighted by Gasteiger charge is 2.27. The minimum absolute atomic E-state index is 0.179. The zero-order chi connectivity index (χ0) is 12.4. The van der Waals surface area contributed by atoms with Crippen LogP contribution in [0.2, 0.25) is 0 Å². The Bertz CT molecular complexity index is 408. The minimum atomic E-state index is -0.427. The van der Waals surface area contributed by atoms with Crippen LogP contribution < -0.4 is 0 Å². The van der Waals surface area contributed by atoms with Gasteiger partial charge in [0.25, 0.3) is 5.91 Å². The molecule has 92 valence electrons. The number of rotatable bonds is 1. The average Bonchev–Trinajstić information content (AvgIpc) is 2.27. The van der Waals surface area contributed by atoms with E-state index in [9.17, 15) is 9.18 Å². The van der Waals surface area contributed by atoms with E-state index in [0.717, 1.165) is 19.5 Å². The summed E-state index contributed by atoms with van der Waals surface area (Å²) in [6.45, 7) is 5.74. The summed E-state index contributed by atoms with van der Waals surface area (Å²) in [6.07, 6.45) is 1.14. The van der Waals surface area contributed by atoms with Gasteiger partial charge in [-0.25, -0.2) is 4.39 Å². The lowest BCUT2D eigenvalue weighted by Gasteiger charge is -2.35. The summed E-state index contributed by atoms with van der Waals surface area (Å²) < 4.78 is 13.5. The molecule has 1 amide bonds. The monoisotopic (exact) mass is 235 g/mol. The highest BCUT2D eigenvalue weighted by molar-refractivity contribution is 5.94. The van der Waals surface area contributed by atoms with Crippen molar-refractivity contribution in [3.05, 3.63) is 35.6 Å². The summed E-state index contributed by atoms with van der Waals surface area (Å²) in [5.41, 5.74) is 0.189. The van der Waals surface area contributed by atoms with Gasteiger partial charge in [-0.05, 0) is 30.4 Å². The first-order valence-electron chi connectivity index (χ1n) is 6.11. The van der Waals surface area contributed by atoms with Crippen molar-refractivity contribution < 1.29 is 9.18 Å². The number of hydrogen-bond donors (Lipinski definition) is 0. The molecule has 2 rings (SSSR count). The van der Waals surface area contributed by atoms with Crippen molar-refractivity contribution >= 4 is 5.91 Å². The molecule has 17 heavy (non-hydrogen) atoms. The molecule has 0 N–H and O–H groups in total.